The van der Waals surface area contributed by atoms with Crippen molar-refractivity contribution >= 4 is 23.3 Å². The molecule has 0 aliphatic rings. The van der Waals surface area contributed by atoms with E-state index in [1.54, 1.807) is 30.7 Å². The van der Waals surface area contributed by atoms with Crippen molar-refractivity contribution in [3.05, 3.63) is 36.4 Å². The van der Waals surface area contributed by atoms with E-state index in [9.17, 15) is 9.59 Å². The topological polar surface area (TPSA) is 97.3 Å². The molecule has 2 rings (SSSR count). The minimum absolute atomic E-state index is 0.191. The second kappa shape index (κ2) is 8.89. The number of aromatic nitrogens is 2. The van der Waals surface area contributed by atoms with Gasteiger partial charge in [-0.15, -0.1) is 0 Å². The summed E-state index contributed by atoms with van der Waals surface area (Å²) in [4.78, 5) is 27.6. The number of nitrogens with one attached hydrogen (secondary N) is 3. The number of hydrogen-bond donors (Lipinski definition) is 3. The first-order valence-corrected chi connectivity index (χ1v) is 8.38. The van der Waals surface area contributed by atoms with Gasteiger partial charge in [-0.3, -0.25) is 4.79 Å². The number of anilines is 2. The van der Waals surface area contributed by atoms with Gasteiger partial charge in [0.2, 0.25) is 5.91 Å². The van der Waals surface area contributed by atoms with Crippen molar-refractivity contribution in [2.45, 2.75) is 33.9 Å². The summed E-state index contributed by atoms with van der Waals surface area (Å²) in [7, 11) is 1.51. The Kier molecular flexibility index (Phi) is 6.60. The normalized spacial score (nSPS) is 10.5. The van der Waals surface area contributed by atoms with Crippen molar-refractivity contribution in [2.24, 2.45) is 5.92 Å². The fraction of sp³-hybridized carbons (Fsp3) is 0.389. The highest BCUT2D eigenvalue weighted by Crippen LogP contribution is 2.27. The summed E-state index contributed by atoms with van der Waals surface area (Å²) in [6.07, 6.45) is 3.50. The maximum atomic E-state index is 12.2. The molecule has 0 unspecified atom stereocenters. The molecule has 0 saturated carbocycles. The molecule has 0 bridgehead atoms. The van der Waals surface area contributed by atoms with Crippen LogP contribution in [-0.2, 0) is 17.9 Å². The van der Waals surface area contributed by atoms with Gasteiger partial charge in [0, 0.05) is 25.4 Å². The maximum absolute atomic E-state index is 12.2. The number of imidazole rings is 1. The molecule has 0 radical (unpaired) electrons. The molecule has 0 aliphatic heterocycles. The van der Waals surface area contributed by atoms with E-state index < -0.39 is 0 Å². The van der Waals surface area contributed by atoms with Crippen molar-refractivity contribution in [3.63, 3.8) is 0 Å². The van der Waals surface area contributed by atoms with E-state index in [0.29, 0.717) is 29.6 Å². The second-order valence-electron chi connectivity index (χ2n) is 6.34. The van der Waals surface area contributed by atoms with Crippen LogP contribution in [0, 0.1) is 5.92 Å². The molecule has 26 heavy (non-hydrogen) atoms. The number of ether oxygens (including phenoxy) is 1. The zero-order valence-electron chi connectivity index (χ0n) is 15.5. The number of carbonyl (C=O) groups is 2. The average Bonchev–Trinajstić information content (AvgIpc) is 2.99. The number of methoxy groups -OCH3 is 1. The highest BCUT2D eigenvalue weighted by atomic mass is 16.5. The van der Waals surface area contributed by atoms with Gasteiger partial charge >= 0.3 is 6.03 Å². The van der Waals surface area contributed by atoms with Crippen LogP contribution in [0.4, 0.5) is 16.2 Å². The fourth-order valence-electron chi connectivity index (χ4n) is 2.48. The predicted octanol–water partition coefficient (Wildman–Crippen LogP) is 2.83. The highest BCUT2D eigenvalue weighted by Gasteiger charge is 2.10. The Labute approximate surface area is 152 Å². The minimum Gasteiger partial charge on any atom is -0.495 e. The van der Waals surface area contributed by atoms with Gasteiger partial charge in [-0.05, 0) is 24.1 Å². The van der Waals surface area contributed by atoms with Gasteiger partial charge in [-0.25, -0.2) is 9.78 Å². The van der Waals surface area contributed by atoms with Gasteiger partial charge in [-0.1, -0.05) is 13.8 Å². The highest BCUT2D eigenvalue weighted by molar-refractivity contribution is 5.94. The van der Waals surface area contributed by atoms with Gasteiger partial charge in [0.15, 0.2) is 0 Å². The lowest BCUT2D eigenvalue weighted by atomic mass is 10.2. The first-order valence-electron chi connectivity index (χ1n) is 8.38. The molecule has 1 heterocycles. The van der Waals surface area contributed by atoms with Gasteiger partial charge in [0.05, 0.1) is 31.4 Å². The van der Waals surface area contributed by atoms with Crippen LogP contribution in [0.2, 0.25) is 0 Å². The fourth-order valence-corrected chi connectivity index (χ4v) is 2.48. The summed E-state index contributed by atoms with van der Waals surface area (Å²) in [5.74, 6) is 0.792. The molecule has 1 aromatic carbocycles. The van der Waals surface area contributed by atoms with Crippen molar-refractivity contribution in [2.75, 3.05) is 17.7 Å². The second-order valence-corrected chi connectivity index (χ2v) is 6.34. The molecule has 3 N–H and O–H groups in total. The molecule has 0 atom stereocenters. The Balaban J connectivity index is 2.01. The predicted molar refractivity (Wildman–Crippen MR) is 100 cm³/mol. The molecule has 0 spiro atoms. The standard InChI is InChI=1S/C18H25N5O3/c1-12(2)10-23-11-19-8-15(23)9-20-18(25)22-16-7-14(21-13(3)24)5-6-17(16)26-4/h5-8,11-12H,9-10H2,1-4H3,(H,21,24)(H2,20,22,25). The van der Waals surface area contributed by atoms with Crippen LogP contribution in [0.1, 0.15) is 26.5 Å². The Hall–Kier alpha value is -3.03. The van der Waals surface area contributed by atoms with E-state index in [2.05, 4.69) is 34.8 Å². The van der Waals surface area contributed by atoms with Gasteiger partial charge in [-0.2, -0.15) is 0 Å². The van der Waals surface area contributed by atoms with E-state index in [1.165, 1.54) is 14.0 Å². The minimum atomic E-state index is -0.374. The lowest BCUT2D eigenvalue weighted by Gasteiger charge is -2.14. The number of nitrogens with zero attached hydrogens (tertiary/aromatic N) is 2. The Morgan fingerprint density at radius 3 is 2.69 bits per heavy atom. The number of hydrogen-bond acceptors (Lipinski definition) is 4. The molecule has 0 saturated heterocycles. The van der Waals surface area contributed by atoms with Crippen LogP contribution in [0.25, 0.3) is 0 Å². The quantitative estimate of drug-likeness (QED) is 0.708. The lowest BCUT2D eigenvalue weighted by molar-refractivity contribution is -0.114. The average molecular weight is 359 g/mol. The van der Waals surface area contributed by atoms with Crippen LogP contribution in [-0.4, -0.2) is 28.6 Å². The van der Waals surface area contributed by atoms with Crippen LogP contribution in [0.3, 0.4) is 0 Å². The monoisotopic (exact) mass is 359 g/mol. The summed E-state index contributed by atoms with van der Waals surface area (Å²) >= 11 is 0. The van der Waals surface area contributed by atoms with Gasteiger partial charge < -0.3 is 25.3 Å². The summed E-state index contributed by atoms with van der Waals surface area (Å²) in [6.45, 7) is 6.86. The van der Waals surface area contributed by atoms with E-state index in [4.69, 9.17) is 4.74 Å². The molecule has 2 aromatic rings. The van der Waals surface area contributed by atoms with E-state index in [0.717, 1.165) is 12.2 Å². The van der Waals surface area contributed by atoms with Crippen molar-refractivity contribution < 1.29 is 14.3 Å². The molecule has 8 heteroatoms. The van der Waals surface area contributed by atoms with Crippen molar-refractivity contribution in [1.29, 1.82) is 0 Å². The van der Waals surface area contributed by atoms with Crippen LogP contribution >= 0.6 is 0 Å². The summed E-state index contributed by atoms with van der Waals surface area (Å²) < 4.78 is 7.27. The molecular weight excluding hydrogens is 334 g/mol. The third kappa shape index (κ3) is 5.51. The molecular formula is C18H25N5O3. The molecule has 3 amide bonds. The smallest absolute Gasteiger partial charge is 0.319 e. The molecule has 0 aliphatic carbocycles. The van der Waals surface area contributed by atoms with E-state index in [1.807, 2.05) is 4.57 Å². The third-order valence-corrected chi connectivity index (χ3v) is 3.56. The first-order chi connectivity index (χ1) is 12.4. The van der Waals surface area contributed by atoms with E-state index in [-0.39, 0.29) is 11.9 Å². The Morgan fingerprint density at radius 1 is 1.27 bits per heavy atom. The maximum Gasteiger partial charge on any atom is 0.319 e. The largest absolute Gasteiger partial charge is 0.495 e. The number of rotatable bonds is 7. The summed E-state index contributed by atoms with van der Waals surface area (Å²) in [5, 5.41) is 8.22. The SMILES string of the molecule is COc1ccc(NC(C)=O)cc1NC(=O)NCc1cncn1CC(C)C. The first kappa shape index (κ1) is 19.3. The summed E-state index contributed by atoms with van der Waals surface area (Å²) in [5.41, 5.74) is 1.96. The molecule has 8 nitrogen and oxygen atoms in total. The zero-order valence-corrected chi connectivity index (χ0v) is 15.5. The van der Waals surface area contributed by atoms with Crippen molar-refractivity contribution in [1.82, 2.24) is 14.9 Å². The molecule has 0 fully saturated rings. The summed E-state index contributed by atoms with van der Waals surface area (Å²) in [6, 6.07) is 4.65. The zero-order chi connectivity index (χ0) is 19.1. The van der Waals surface area contributed by atoms with Crippen molar-refractivity contribution in [3.8, 4) is 5.75 Å². The van der Waals surface area contributed by atoms with Crippen LogP contribution < -0.4 is 20.7 Å². The number of urea groups is 1. The molecule has 1 aromatic heterocycles. The Bertz CT molecular complexity index is 770. The van der Waals surface area contributed by atoms with Crippen LogP contribution in [0.15, 0.2) is 30.7 Å². The number of carbonyl (C=O) groups excluding carboxylic acids is 2. The number of benzene rings is 1. The van der Waals surface area contributed by atoms with Gasteiger partial charge in [0.1, 0.15) is 5.75 Å². The Morgan fingerprint density at radius 2 is 2.04 bits per heavy atom. The number of amides is 3. The molecule has 140 valence electrons. The van der Waals surface area contributed by atoms with E-state index >= 15 is 0 Å². The van der Waals surface area contributed by atoms with Crippen LogP contribution in [0.5, 0.6) is 5.75 Å². The third-order valence-electron chi connectivity index (χ3n) is 3.56. The lowest BCUT2D eigenvalue weighted by Crippen LogP contribution is -2.29. The van der Waals surface area contributed by atoms with Gasteiger partial charge in [0.25, 0.3) is 0 Å².